The number of amides is 1. The largest absolute Gasteiger partial charge is 0.497 e. The lowest BCUT2D eigenvalue weighted by Crippen LogP contribution is -2.28. The van der Waals surface area contributed by atoms with Gasteiger partial charge in [0.25, 0.3) is 5.91 Å². The van der Waals surface area contributed by atoms with E-state index in [0.29, 0.717) is 29.3 Å². The molecule has 0 unspecified atom stereocenters. The van der Waals surface area contributed by atoms with Gasteiger partial charge in [0.05, 0.1) is 26.8 Å². The standard InChI is InChI=1S/C21H22N2O6/c1-26-15-6-4-5-13(7-15)11-22-19(24)12-29-21(25)17-9-14-8-16(27-2)10-18(28-3)20(14)23-17/h4-10,23H,11-12H2,1-3H3,(H,22,24). The first kappa shape index (κ1) is 20.1. The molecule has 2 N–H and O–H groups in total. The number of carbonyl (C=O) groups is 2. The van der Waals surface area contributed by atoms with Gasteiger partial charge < -0.3 is 29.2 Å². The molecule has 1 aromatic heterocycles. The van der Waals surface area contributed by atoms with E-state index in [-0.39, 0.29) is 5.69 Å². The maximum atomic E-state index is 12.3. The van der Waals surface area contributed by atoms with Crippen LogP contribution in [0.1, 0.15) is 16.1 Å². The lowest BCUT2D eigenvalue weighted by atomic mass is 10.2. The van der Waals surface area contributed by atoms with Crippen molar-refractivity contribution >= 4 is 22.8 Å². The zero-order chi connectivity index (χ0) is 20.8. The second-order valence-corrected chi connectivity index (χ2v) is 6.18. The van der Waals surface area contributed by atoms with Crippen LogP contribution in [0.4, 0.5) is 0 Å². The third-order valence-electron chi connectivity index (χ3n) is 4.30. The maximum absolute atomic E-state index is 12.3. The SMILES string of the molecule is COc1cccc(CNC(=O)COC(=O)c2cc3cc(OC)cc(OC)c3[nH]2)c1. The van der Waals surface area contributed by atoms with Gasteiger partial charge >= 0.3 is 5.97 Å². The number of methoxy groups -OCH3 is 3. The van der Waals surface area contributed by atoms with Crippen LogP contribution in [0.15, 0.2) is 42.5 Å². The lowest BCUT2D eigenvalue weighted by molar-refractivity contribution is -0.124. The molecular formula is C21H22N2O6. The van der Waals surface area contributed by atoms with E-state index in [1.807, 2.05) is 24.3 Å². The first-order valence-electron chi connectivity index (χ1n) is 8.85. The molecule has 1 amide bonds. The summed E-state index contributed by atoms with van der Waals surface area (Å²) in [6.07, 6.45) is 0. The summed E-state index contributed by atoms with van der Waals surface area (Å²) in [5.74, 6) is 0.795. The molecule has 8 nitrogen and oxygen atoms in total. The van der Waals surface area contributed by atoms with E-state index < -0.39 is 18.5 Å². The van der Waals surface area contributed by atoms with E-state index in [4.69, 9.17) is 18.9 Å². The number of rotatable bonds is 8. The Bertz CT molecular complexity index is 1030. The van der Waals surface area contributed by atoms with Gasteiger partial charge in [-0.25, -0.2) is 4.79 Å². The summed E-state index contributed by atoms with van der Waals surface area (Å²) in [4.78, 5) is 27.3. The van der Waals surface area contributed by atoms with E-state index in [2.05, 4.69) is 10.3 Å². The Morgan fingerprint density at radius 1 is 0.966 bits per heavy atom. The molecule has 0 radical (unpaired) electrons. The molecule has 0 spiro atoms. The van der Waals surface area contributed by atoms with E-state index in [1.165, 1.54) is 7.11 Å². The van der Waals surface area contributed by atoms with Crippen LogP contribution in [0.5, 0.6) is 17.2 Å². The molecule has 1 heterocycles. The van der Waals surface area contributed by atoms with Crippen molar-refractivity contribution in [2.24, 2.45) is 0 Å². The Balaban J connectivity index is 1.59. The Morgan fingerprint density at radius 2 is 1.76 bits per heavy atom. The highest BCUT2D eigenvalue weighted by Gasteiger charge is 2.16. The monoisotopic (exact) mass is 398 g/mol. The molecule has 0 saturated carbocycles. The fraction of sp³-hybridized carbons (Fsp3) is 0.238. The van der Waals surface area contributed by atoms with Gasteiger partial charge in [-0.1, -0.05) is 12.1 Å². The molecule has 8 heteroatoms. The van der Waals surface area contributed by atoms with E-state index >= 15 is 0 Å². The number of esters is 1. The topological polar surface area (TPSA) is 98.9 Å². The fourth-order valence-corrected chi connectivity index (χ4v) is 2.82. The minimum absolute atomic E-state index is 0.215. The molecule has 3 rings (SSSR count). The number of aromatic amines is 1. The molecule has 29 heavy (non-hydrogen) atoms. The van der Waals surface area contributed by atoms with Crippen molar-refractivity contribution in [3.63, 3.8) is 0 Å². The van der Waals surface area contributed by atoms with Crippen molar-refractivity contribution < 1.29 is 28.5 Å². The average Bonchev–Trinajstić information content (AvgIpc) is 3.19. The highest BCUT2D eigenvalue weighted by atomic mass is 16.5. The Morgan fingerprint density at radius 3 is 2.48 bits per heavy atom. The Labute approximate surface area is 167 Å². The number of nitrogens with one attached hydrogen (secondary N) is 2. The van der Waals surface area contributed by atoms with Crippen LogP contribution in [-0.2, 0) is 16.1 Å². The number of aromatic nitrogens is 1. The van der Waals surface area contributed by atoms with Crippen molar-refractivity contribution in [1.82, 2.24) is 10.3 Å². The van der Waals surface area contributed by atoms with Crippen LogP contribution in [0, 0.1) is 0 Å². The maximum Gasteiger partial charge on any atom is 0.355 e. The van der Waals surface area contributed by atoms with Crippen LogP contribution in [0.25, 0.3) is 10.9 Å². The molecule has 0 aliphatic heterocycles. The molecule has 0 bridgehead atoms. The highest BCUT2D eigenvalue weighted by molar-refractivity contribution is 5.98. The molecule has 0 atom stereocenters. The van der Waals surface area contributed by atoms with Crippen molar-refractivity contribution in [2.75, 3.05) is 27.9 Å². The minimum Gasteiger partial charge on any atom is -0.497 e. The quantitative estimate of drug-likeness (QED) is 0.566. The predicted octanol–water partition coefficient (Wildman–Crippen LogP) is 2.67. The van der Waals surface area contributed by atoms with Crippen molar-refractivity contribution in [3.05, 3.63) is 53.7 Å². The van der Waals surface area contributed by atoms with Gasteiger partial charge in [-0.05, 0) is 29.8 Å². The van der Waals surface area contributed by atoms with Gasteiger partial charge in [-0.2, -0.15) is 0 Å². The molecule has 2 aromatic carbocycles. The van der Waals surface area contributed by atoms with Crippen LogP contribution in [0.2, 0.25) is 0 Å². The predicted molar refractivity (Wildman–Crippen MR) is 107 cm³/mol. The molecule has 0 saturated heterocycles. The number of hydrogen-bond donors (Lipinski definition) is 2. The van der Waals surface area contributed by atoms with Crippen LogP contribution in [-0.4, -0.2) is 44.8 Å². The third kappa shape index (κ3) is 4.78. The number of benzene rings is 2. The van der Waals surface area contributed by atoms with Gasteiger partial charge in [0.15, 0.2) is 6.61 Å². The number of H-pyrrole nitrogens is 1. The Kier molecular flexibility index (Phi) is 6.23. The van der Waals surface area contributed by atoms with Gasteiger partial charge in [-0.3, -0.25) is 4.79 Å². The second kappa shape index (κ2) is 9.01. The zero-order valence-corrected chi connectivity index (χ0v) is 16.4. The van der Waals surface area contributed by atoms with E-state index in [0.717, 1.165) is 10.9 Å². The number of fused-ring (bicyclic) bond motifs is 1. The fourth-order valence-electron chi connectivity index (χ4n) is 2.82. The average molecular weight is 398 g/mol. The summed E-state index contributed by atoms with van der Waals surface area (Å²) >= 11 is 0. The Hall–Kier alpha value is -3.68. The summed E-state index contributed by atoms with van der Waals surface area (Å²) in [6.45, 7) is -0.0877. The summed E-state index contributed by atoms with van der Waals surface area (Å²) < 4.78 is 20.8. The van der Waals surface area contributed by atoms with Gasteiger partial charge in [-0.15, -0.1) is 0 Å². The van der Waals surface area contributed by atoms with Crippen LogP contribution >= 0.6 is 0 Å². The smallest absolute Gasteiger partial charge is 0.355 e. The van der Waals surface area contributed by atoms with Gasteiger partial charge in [0.2, 0.25) is 0 Å². The van der Waals surface area contributed by atoms with Crippen molar-refractivity contribution in [3.8, 4) is 17.2 Å². The number of ether oxygens (including phenoxy) is 4. The van der Waals surface area contributed by atoms with Crippen LogP contribution in [0.3, 0.4) is 0 Å². The molecular weight excluding hydrogens is 376 g/mol. The number of hydrogen-bond acceptors (Lipinski definition) is 6. The van der Waals surface area contributed by atoms with Crippen LogP contribution < -0.4 is 19.5 Å². The molecule has 0 fully saturated rings. The van der Waals surface area contributed by atoms with Crippen molar-refractivity contribution in [2.45, 2.75) is 6.54 Å². The zero-order valence-electron chi connectivity index (χ0n) is 16.4. The summed E-state index contributed by atoms with van der Waals surface area (Å²) in [5.41, 5.74) is 1.73. The third-order valence-corrected chi connectivity index (χ3v) is 4.30. The summed E-state index contributed by atoms with van der Waals surface area (Å²) in [5, 5.41) is 3.43. The molecule has 3 aromatic rings. The van der Waals surface area contributed by atoms with E-state index in [1.54, 1.807) is 32.4 Å². The minimum atomic E-state index is -0.640. The first-order valence-corrected chi connectivity index (χ1v) is 8.85. The number of carbonyl (C=O) groups excluding carboxylic acids is 2. The normalized spacial score (nSPS) is 10.4. The van der Waals surface area contributed by atoms with E-state index in [9.17, 15) is 9.59 Å². The highest BCUT2D eigenvalue weighted by Crippen LogP contribution is 2.31. The molecule has 0 aliphatic carbocycles. The lowest BCUT2D eigenvalue weighted by Gasteiger charge is -2.07. The van der Waals surface area contributed by atoms with Gasteiger partial charge in [0.1, 0.15) is 22.9 Å². The van der Waals surface area contributed by atoms with Gasteiger partial charge in [0, 0.05) is 18.0 Å². The summed E-state index contributed by atoms with van der Waals surface area (Å²) in [7, 11) is 4.65. The molecule has 0 aliphatic rings. The summed E-state index contributed by atoms with van der Waals surface area (Å²) in [6, 6.07) is 12.4. The second-order valence-electron chi connectivity index (χ2n) is 6.18. The van der Waals surface area contributed by atoms with Crippen molar-refractivity contribution in [1.29, 1.82) is 0 Å². The molecule has 152 valence electrons. The first-order chi connectivity index (χ1) is 14.0.